The highest BCUT2D eigenvalue weighted by Crippen LogP contribution is 2.32. The van der Waals surface area contributed by atoms with Crippen LogP contribution in [-0.2, 0) is 0 Å². The molecule has 18 heavy (non-hydrogen) atoms. The largest absolute Gasteiger partial charge is 0.309 e. The highest BCUT2D eigenvalue weighted by Gasteiger charge is 2.22. The maximum atomic E-state index is 13.8. The molecule has 94 valence electrons. The molecule has 1 atom stereocenters. The van der Waals surface area contributed by atoms with E-state index < -0.39 is 11.6 Å². The van der Waals surface area contributed by atoms with Gasteiger partial charge in [-0.05, 0) is 31.5 Å². The molecule has 2 N–H and O–H groups in total. The van der Waals surface area contributed by atoms with Crippen LogP contribution in [-0.4, -0.2) is 16.7 Å². The van der Waals surface area contributed by atoms with Crippen molar-refractivity contribution in [1.82, 2.24) is 15.5 Å². The summed E-state index contributed by atoms with van der Waals surface area (Å²) in [6.45, 7) is 0.953. The lowest BCUT2D eigenvalue weighted by molar-refractivity contribution is 0.584. The molecule has 1 aromatic carbocycles. The van der Waals surface area contributed by atoms with E-state index >= 15 is 0 Å². The lowest BCUT2D eigenvalue weighted by atomic mass is 10.0. The number of hydrogen-bond acceptors (Lipinski definition) is 2. The summed E-state index contributed by atoms with van der Waals surface area (Å²) in [4.78, 5) is 0. The Morgan fingerprint density at radius 3 is 2.83 bits per heavy atom. The number of nitrogens with zero attached hydrogens (tertiary/aromatic N) is 1. The topological polar surface area (TPSA) is 40.7 Å². The molecule has 1 aliphatic heterocycles. The van der Waals surface area contributed by atoms with Gasteiger partial charge >= 0.3 is 0 Å². The number of halogens is 2. The maximum Gasteiger partial charge on any atom is 0.134 e. The molecule has 0 spiro atoms. The standard InChI is InChI=1S/C13H13F2N3/c14-8-3-4-9(11(15)6-8)10-7-17-18-13(10)12-2-1-5-16-12/h3-4,6-7,12,16H,1-2,5H2,(H,17,18). The molecule has 2 aromatic rings. The third-order valence-electron chi connectivity index (χ3n) is 3.30. The van der Waals surface area contributed by atoms with Gasteiger partial charge in [0.15, 0.2) is 0 Å². The molecule has 0 saturated carbocycles. The van der Waals surface area contributed by atoms with Crippen LogP contribution in [0, 0.1) is 11.6 Å². The second kappa shape index (κ2) is 4.49. The molecule has 2 heterocycles. The van der Waals surface area contributed by atoms with Gasteiger partial charge in [-0.25, -0.2) is 8.78 Å². The van der Waals surface area contributed by atoms with Gasteiger partial charge in [-0.3, -0.25) is 5.10 Å². The molecule has 0 amide bonds. The van der Waals surface area contributed by atoms with Crippen molar-refractivity contribution in [3.05, 3.63) is 41.7 Å². The van der Waals surface area contributed by atoms with Crippen molar-refractivity contribution < 1.29 is 8.78 Å². The average Bonchev–Trinajstić information content (AvgIpc) is 2.98. The molecule has 1 fully saturated rings. The zero-order chi connectivity index (χ0) is 12.5. The summed E-state index contributed by atoms with van der Waals surface area (Å²) in [7, 11) is 0. The first-order valence-corrected chi connectivity index (χ1v) is 5.98. The van der Waals surface area contributed by atoms with Crippen LogP contribution in [0.5, 0.6) is 0 Å². The average molecular weight is 249 g/mol. The predicted octanol–water partition coefficient (Wildman–Crippen LogP) is 2.78. The molecular weight excluding hydrogens is 236 g/mol. The molecule has 3 rings (SSSR count). The van der Waals surface area contributed by atoms with Crippen LogP contribution >= 0.6 is 0 Å². The van der Waals surface area contributed by atoms with E-state index in [2.05, 4.69) is 15.5 Å². The second-order valence-corrected chi connectivity index (χ2v) is 4.47. The Balaban J connectivity index is 2.03. The Labute approximate surface area is 103 Å². The van der Waals surface area contributed by atoms with Crippen LogP contribution in [0.2, 0.25) is 0 Å². The van der Waals surface area contributed by atoms with Gasteiger partial charge in [-0.1, -0.05) is 0 Å². The zero-order valence-corrected chi connectivity index (χ0v) is 9.71. The van der Waals surface area contributed by atoms with Gasteiger partial charge in [0.05, 0.1) is 11.9 Å². The fraction of sp³-hybridized carbons (Fsp3) is 0.308. The van der Waals surface area contributed by atoms with E-state index in [1.165, 1.54) is 12.1 Å². The lowest BCUT2D eigenvalue weighted by Gasteiger charge is -2.11. The van der Waals surface area contributed by atoms with Crippen molar-refractivity contribution in [2.45, 2.75) is 18.9 Å². The van der Waals surface area contributed by atoms with Crippen molar-refractivity contribution in [2.24, 2.45) is 0 Å². The van der Waals surface area contributed by atoms with Crippen molar-refractivity contribution in [3.63, 3.8) is 0 Å². The first-order chi connectivity index (χ1) is 8.75. The smallest absolute Gasteiger partial charge is 0.134 e. The van der Waals surface area contributed by atoms with Crippen LogP contribution in [0.15, 0.2) is 24.4 Å². The van der Waals surface area contributed by atoms with Gasteiger partial charge in [0.1, 0.15) is 11.6 Å². The van der Waals surface area contributed by atoms with Gasteiger partial charge in [0, 0.05) is 23.2 Å². The summed E-state index contributed by atoms with van der Waals surface area (Å²) in [6.07, 6.45) is 3.68. The lowest BCUT2D eigenvalue weighted by Crippen LogP contribution is -2.14. The minimum atomic E-state index is -0.569. The monoisotopic (exact) mass is 249 g/mol. The second-order valence-electron chi connectivity index (χ2n) is 4.47. The van der Waals surface area contributed by atoms with Crippen molar-refractivity contribution in [1.29, 1.82) is 0 Å². The minimum Gasteiger partial charge on any atom is -0.309 e. The zero-order valence-electron chi connectivity index (χ0n) is 9.71. The van der Waals surface area contributed by atoms with Gasteiger partial charge < -0.3 is 5.32 Å². The Bertz CT molecular complexity index is 559. The molecule has 1 unspecified atom stereocenters. The number of H-pyrrole nitrogens is 1. The maximum absolute atomic E-state index is 13.8. The highest BCUT2D eigenvalue weighted by molar-refractivity contribution is 5.66. The molecule has 0 radical (unpaired) electrons. The minimum absolute atomic E-state index is 0.173. The fourth-order valence-electron chi connectivity index (χ4n) is 2.42. The predicted molar refractivity (Wildman–Crippen MR) is 63.9 cm³/mol. The fourth-order valence-corrected chi connectivity index (χ4v) is 2.42. The molecule has 5 heteroatoms. The van der Waals surface area contributed by atoms with E-state index in [1.807, 2.05) is 0 Å². The first-order valence-electron chi connectivity index (χ1n) is 5.98. The Morgan fingerprint density at radius 1 is 1.22 bits per heavy atom. The first kappa shape index (κ1) is 11.3. The van der Waals surface area contributed by atoms with E-state index in [4.69, 9.17) is 0 Å². The normalized spacial score (nSPS) is 19.3. The van der Waals surface area contributed by atoms with E-state index in [1.54, 1.807) is 6.20 Å². The molecule has 1 aliphatic rings. The van der Waals surface area contributed by atoms with Gasteiger partial charge in [-0.2, -0.15) is 5.10 Å². The number of nitrogens with one attached hydrogen (secondary N) is 2. The molecular formula is C13H13F2N3. The van der Waals surface area contributed by atoms with Crippen LogP contribution < -0.4 is 5.32 Å². The number of hydrogen-bond donors (Lipinski definition) is 2. The molecule has 1 saturated heterocycles. The summed E-state index contributed by atoms with van der Waals surface area (Å²) in [5.41, 5.74) is 1.96. The Hall–Kier alpha value is -1.75. The van der Waals surface area contributed by atoms with Gasteiger partial charge in [-0.15, -0.1) is 0 Å². The Kier molecular flexibility index (Phi) is 2.83. The van der Waals surface area contributed by atoms with E-state index in [0.717, 1.165) is 31.1 Å². The summed E-state index contributed by atoms with van der Waals surface area (Å²) in [5.74, 6) is -1.13. The van der Waals surface area contributed by atoms with E-state index in [0.29, 0.717) is 11.1 Å². The molecule has 1 aromatic heterocycles. The summed E-state index contributed by atoms with van der Waals surface area (Å²) < 4.78 is 26.7. The molecule has 0 bridgehead atoms. The third-order valence-corrected chi connectivity index (χ3v) is 3.30. The summed E-state index contributed by atoms with van der Waals surface area (Å²) in [6, 6.07) is 3.78. The summed E-state index contributed by atoms with van der Waals surface area (Å²) in [5, 5.41) is 10.2. The van der Waals surface area contributed by atoms with Crippen molar-refractivity contribution in [2.75, 3.05) is 6.54 Å². The van der Waals surface area contributed by atoms with Crippen LogP contribution in [0.4, 0.5) is 8.78 Å². The molecule has 3 nitrogen and oxygen atoms in total. The van der Waals surface area contributed by atoms with Crippen LogP contribution in [0.25, 0.3) is 11.1 Å². The van der Waals surface area contributed by atoms with Gasteiger partial charge in [0.25, 0.3) is 0 Å². The summed E-state index contributed by atoms with van der Waals surface area (Å²) >= 11 is 0. The third kappa shape index (κ3) is 1.90. The van der Waals surface area contributed by atoms with Crippen LogP contribution in [0.1, 0.15) is 24.6 Å². The number of rotatable bonds is 2. The Morgan fingerprint density at radius 2 is 2.11 bits per heavy atom. The van der Waals surface area contributed by atoms with E-state index in [9.17, 15) is 8.78 Å². The van der Waals surface area contributed by atoms with Crippen molar-refractivity contribution >= 4 is 0 Å². The number of benzene rings is 1. The van der Waals surface area contributed by atoms with Gasteiger partial charge in [0.2, 0.25) is 0 Å². The van der Waals surface area contributed by atoms with Crippen LogP contribution in [0.3, 0.4) is 0 Å². The number of aromatic nitrogens is 2. The van der Waals surface area contributed by atoms with E-state index in [-0.39, 0.29) is 6.04 Å². The highest BCUT2D eigenvalue weighted by atomic mass is 19.1. The molecule has 0 aliphatic carbocycles. The quantitative estimate of drug-likeness (QED) is 0.859. The SMILES string of the molecule is Fc1ccc(-c2cn[nH]c2C2CCCN2)c(F)c1. The van der Waals surface area contributed by atoms with Crippen molar-refractivity contribution in [3.8, 4) is 11.1 Å². The number of aromatic amines is 1.